The summed E-state index contributed by atoms with van der Waals surface area (Å²) in [6.07, 6.45) is -0.0264. The van der Waals surface area contributed by atoms with Crippen LogP contribution in [0.4, 0.5) is 0 Å². The predicted molar refractivity (Wildman–Crippen MR) is 101 cm³/mol. The number of rotatable bonds is 14. The minimum atomic E-state index is -2.74. The molecule has 0 amide bonds. The van der Waals surface area contributed by atoms with Crippen LogP contribution in [0.25, 0.3) is 0 Å². The van der Waals surface area contributed by atoms with Crippen molar-refractivity contribution in [2.45, 2.75) is 51.4 Å². The smallest absolute Gasteiger partial charge is 0.376 e. The van der Waals surface area contributed by atoms with Gasteiger partial charge in [0.05, 0.1) is 23.7 Å². The van der Waals surface area contributed by atoms with E-state index in [2.05, 4.69) is 16.0 Å². The zero-order valence-electron chi connectivity index (χ0n) is 17.3. The molecule has 0 saturated carbocycles. The van der Waals surface area contributed by atoms with Crippen molar-refractivity contribution in [3.63, 3.8) is 0 Å². The van der Waals surface area contributed by atoms with Crippen LogP contribution < -0.4 is 16.0 Å². The summed E-state index contributed by atoms with van der Waals surface area (Å²) < 4.78 is 33.0. The van der Waals surface area contributed by atoms with E-state index in [9.17, 15) is 0 Å². The van der Waals surface area contributed by atoms with Crippen molar-refractivity contribution >= 4 is 17.6 Å². The Hall–Kier alpha value is 0.0738. The molecule has 0 saturated heterocycles. The van der Waals surface area contributed by atoms with Gasteiger partial charge in [-0.1, -0.05) is 0 Å². The lowest BCUT2D eigenvalue weighted by molar-refractivity contribution is 0.103. The average Bonchev–Trinajstić information content (AvgIpc) is 2.58. The molecule has 0 aliphatic carbocycles. The summed E-state index contributed by atoms with van der Waals surface area (Å²) in [7, 11) is 4.14. The molecule has 11 heteroatoms. The van der Waals surface area contributed by atoms with Crippen molar-refractivity contribution in [3.05, 3.63) is 0 Å². The molecule has 9 nitrogen and oxygen atoms in total. The Labute approximate surface area is 154 Å². The summed E-state index contributed by atoms with van der Waals surface area (Å²) >= 11 is 0. The van der Waals surface area contributed by atoms with E-state index in [0.717, 1.165) is 0 Å². The van der Waals surface area contributed by atoms with Gasteiger partial charge in [-0.25, -0.2) is 0 Å². The van der Waals surface area contributed by atoms with Gasteiger partial charge in [0.15, 0.2) is 0 Å². The molecule has 0 heterocycles. The predicted octanol–water partition coefficient (Wildman–Crippen LogP) is 0.0588. The van der Waals surface area contributed by atoms with E-state index in [-0.39, 0.29) is 23.7 Å². The SMILES string of the molecule is CO[Si](OC)(OC)C(C)NC(C)NC(C)NC(C)[Si](OC)(OC)OC. The number of hydrogen-bond acceptors (Lipinski definition) is 9. The van der Waals surface area contributed by atoms with Gasteiger partial charge in [-0.3, -0.25) is 16.0 Å². The van der Waals surface area contributed by atoms with E-state index in [0.29, 0.717) is 0 Å². The summed E-state index contributed by atoms with van der Waals surface area (Å²) in [4.78, 5) is 0. The zero-order chi connectivity index (χ0) is 19.7. The third-order valence-electron chi connectivity index (χ3n) is 4.27. The van der Waals surface area contributed by atoms with Crippen molar-refractivity contribution in [3.8, 4) is 0 Å². The highest BCUT2D eigenvalue weighted by Gasteiger charge is 2.46. The Balaban J connectivity index is 4.67. The molecule has 0 aromatic rings. The van der Waals surface area contributed by atoms with Crippen molar-refractivity contribution in [1.82, 2.24) is 16.0 Å². The number of nitrogens with one attached hydrogen (secondary N) is 3. The van der Waals surface area contributed by atoms with Crippen molar-refractivity contribution in [1.29, 1.82) is 0 Å². The molecule has 0 radical (unpaired) electrons. The lowest BCUT2D eigenvalue weighted by atomic mass is 10.4. The van der Waals surface area contributed by atoms with Gasteiger partial charge >= 0.3 is 17.6 Å². The minimum absolute atomic E-state index is 0.0132. The second-order valence-electron chi connectivity index (χ2n) is 5.82. The molecule has 25 heavy (non-hydrogen) atoms. The van der Waals surface area contributed by atoms with Gasteiger partial charge in [0.2, 0.25) is 0 Å². The third-order valence-corrected chi connectivity index (χ3v) is 10.1. The van der Waals surface area contributed by atoms with Gasteiger partial charge in [-0.15, -0.1) is 0 Å². The van der Waals surface area contributed by atoms with Gasteiger partial charge in [0.25, 0.3) is 0 Å². The van der Waals surface area contributed by atoms with Crippen LogP contribution in [0.5, 0.6) is 0 Å². The van der Waals surface area contributed by atoms with Gasteiger partial charge in [-0.05, 0) is 27.7 Å². The van der Waals surface area contributed by atoms with Crippen LogP contribution in [0.3, 0.4) is 0 Å². The van der Waals surface area contributed by atoms with Crippen LogP contribution in [-0.4, -0.2) is 83.9 Å². The highest BCUT2D eigenvalue weighted by atomic mass is 28.4. The third kappa shape index (κ3) is 6.63. The fraction of sp³-hybridized carbons (Fsp3) is 1.00. The topological polar surface area (TPSA) is 91.5 Å². The van der Waals surface area contributed by atoms with E-state index < -0.39 is 17.6 Å². The van der Waals surface area contributed by atoms with Crippen LogP contribution in [0.1, 0.15) is 27.7 Å². The van der Waals surface area contributed by atoms with Gasteiger partial charge in [0, 0.05) is 42.7 Å². The van der Waals surface area contributed by atoms with Gasteiger partial charge < -0.3 is 26.6 Å². The standard InChI is InChI=1S/C14H37N3O6Si2/c1-11(16-13(3)24(18-5,19-6)20-7)15-12(2)17-14(4)25(21-8,22-9)23-10/h11-17H,1-10H3. The van der Waals surface area contributed by atoms with Crippen molar-refractivity contribution in [2.24, 2.45) is 0 Å². The molecule has 0 aliphatic heterocycles. The average molecular weight is 400 g/mol. The fourth-order valence-electron chi connectivity index (χ4n) is 2.99. The molecule has 3 N–H and O–H groups in total. The van der Waals surface area contributed by atoms with Crippen molar-refractivity contribution < 1.29 is 26.6 Å². The molecule has 0 aliphatic rings. The first kappa shape index (κ1) is 25.1. The Morgan fingerprint density at radius 2 is 0.720 bits per heavy atom. The molecule has 0 aromatic heterocycles. The van der Waals surface area contributed by atoms with Gasteiger partial charge in [0.1, 0.15) is 0 Å². The molecule has 4 atom stereocenters. The maximum Gasteiger partial charge on any atom is 0.517 e. The van der Waals surface area contributed by atoms with Crippen LogP contribution in [0, 0.1) is 0 Å². The highest BCUT2D eigenvalue weighted by molar-refractivity contribution is 6.62. The Morgan fingerprint density at radius 1 is 0.480 bits per heavy atom. The second kappa shape index (κ2) is 11.7. The van der Waals surface area contributed by atoms with E-state index >= 15 is 0 Å². The zero-order valence-corrected chi connectivity index (χ0v) is 19.3. The maximum atomic E-state index is 5.50. The maximum absolute atomic E-state index is 5.50. The molecule has 4 unspecified atom stereocenters. The summed E-state index contributed by atoms with van der Waals surface area (Å²) in [6, 6.07) is 0. The molecule has 152 valence electrons. The largest absolute Gasteiger partial charge is 0.517 e. The summed E-state index contributed by atoms with van der Waals surface area (Å²) in [5.74, 6) is 0. The first-order valence-corrected chi connectivity index (χ1v) is 11.9. The normalized spacial score (nSPS) is 18.0. The van der Waals surface area contributed by atoms with Crippen LogP contribution >= 0.6 is 0 Å². The first-order valence-electron chi connectivity index (χ1n) is 8.29. The Morgan fingerprint density at radius 3 is 0.920 bits per heavy atom. The molecular weight excluding hydrogens is 362 g/mol. The molecular formula is C14H37N3O6Si2. The van der Waals surface area contributed by atoms with E-state index in [1.54, 1.807) is 42.7 Å². The molecule has 0 spiro atoms. The van der Waals surface area contributed by atoms with Crippen LogP contribution in [0.2, 0.25) is 0 Å². The molecule has 0 rings (SSSR count). The fourth-order valence-corrected chi connectivity index (χ4v) is 7.02. The molecule has 0 aromatic carbocycles. The monoisotopic (exact) mass is 399 g/mol. The van der Waals surface area contributed by atoms with E-state index in [1.165, 1.54) is 0 Å². The van der Waals surface area contributed by atoms with Crippen molar-refractivity contribution in [2.75, 3.05) is 42.7 Å². The van der Waals surface area contributed by atoms with Crippen LogP contribution in [-0.2, 0) is 26.6 Å². The second-order valence-corrected chi connectivity index (χ2v) is 12.4. The summed E-state index contributed by atoms with van der Waals surface area (Å²) in [5, 5.41) is 10.2. The molecule has 0 fully saturated rings. The quantitative estimate of drug-likeness (QED) is 0.277. The van der Waals surface area contributed by atoms with Crippen LogP contribution in [0.15, 0.2) is 0 Å². The molecule has 0 bridgehead atoms. The Kier molecular flexibility index (Phi) is 11.8. The van der Waals surface area contributed by atoms with E-state index in [4.69, 9.17) is 26.6 Å². The lowest BCUT2D eigenvalue weighted by Gasteiger charge is -2.35. The summed E-state index contributed by atoms with van der Waals surface area (Å²) in [5.41, 5.74) is -0.157. The minimum Gasteiger partial charge on any atom is -0.376 e. The first-order chi connectivity index (χ1) is 11.7. The van der Waals surface area contributed by atoms with Gasteiger partial charge in [-0.2, -0.15) is 0 Å². The number of hydrogen-bond donors (Lipinski definition) is 3. The Bertz CT molecular complexity index is 313. The van der Waals surface area contributed by atoms with E-state index in [1.807, 2.05) is 27.7 Å². The highest BCUT2D eigenvalue weighted by Crippen LogP contribution is 2.13. The lowest BCUT2D eigenvalue weighted by Crippen LogP contribution is -2.66. The summed E-state index contributed by atoms with van der Waals surface area (Å²) in [6.45, 7) is 8.01.